The van der Waals surface area contributed by atoms with Crippen LogP contribution in [0.4, 0.5) is 8.78 Å². The monoisotopic (exact) mass is 281 g/mol. The molecule has 0 N–H and O–H groups in total. The zero-order chi connectivity index (χ0) is 14.2. The molecule has 0 fully saturated rings. The van der Waals surface area contributed by atoms with Crippen molar-refractivity contribution in [1.82, 2.24) is 4.98 Å². The van der Waals surface area contributed by atoms with Gasteiger partial charge in [-0.1, -0.05) is 6.07 Å². The van der Waals surface area contributed by atoms with E-state index in [4.69, 9.17) is 0 Å². The van der Waals surface area contributed by atoms with E-state index in [-0.39, 0.29) is 12.0 Å². The number of hydrogen-bond acceptors (Lipinski definition) is 3. The van der Waals surface area contributed by atoms with Gasteiger partial charge in [-0.3, -0.25) is 4.79 Å². The van der Waals surface area contributed by atoms with Gasteiger partial charge in [0.05, 0.1) is 17.7 Å². The maximum atomic E-state index is 13.8. The highest BCUT2D eigenvalue weighted by Gasteiger charge is 2.20. The van der Waals surface area contributed by atoms with Crippen LogP contribution >= 0.6 is 11.3 Å². The first-order valence-corrected chi connectivity index (χ1v) is 6.62. The first-order chi connectivity index (χ1) is 8.90. The molecule has 0 saturated heterocycles. The molecule has 0 aliphatic rings. The summed E-state index contributed by atoms with van der Waals surface area (Å²) in [5, 5.41) is 0.584. The van der Waals surface area contributed by atoms with Crippen LogP contribution in [-0.2, 0) is 6.42 Å². The van der Waals surface area contributed by atoms with Crippen LogP contribution in [0.1, 0.15) is 31.5 Å². The molecular weight excluding hydrogens is 268 g/mol. The van der Waals surface area contributed by atoms with Crippen molar-refractivity contribution in [3.05, 3.63) is 50.5 Å². The third-order valence-electron chi connectivity index (χ3n) is 2.95. The molecule has 1 aromatic carbocycles. The van der Waals surface area contributed by atoms with E-state index in [1.165, 1.54) is 24.3 Å². The highest BCUT2D eigenvalue weighted by atomic mass is 32.1. The molecule has 0 spiro atoms. The summed E-state index contributed by atoms with van der Waals surface area (Å²) in [4.78, 5) is 17.2. The van der Waals surface area contributed by atoms with Gasteiger partial charge >= 0.3 is 0 Å². The van der Waals surface area contributed by atoms with Gasteiger partial charge in [-0.2, -0.15) is 0 Å². The maximum absolute atomic E-state index is 13.8. The Kier molecular flexibility index (Phi) is 3.75. The second-order valence-electron chi connectivity index (χ2n) is 4.40. The van der Waals surface area contributed by atoms with Gasteiger partial charge in [0.1, 0.15) is 16.6 Å². The van der Waals surface area contributed by atoms with Crippen LogP contribution in [-0.4, -0.2) is 10.8 Å². The summed E-state index contributed by atoms with van der Waals surface area (Å²) in [6, 6.07) is 2.43. The van der Waals surface area contributed by atoms with Gasteiger partial charge in [0.25, 0.3) is 0 Å². The van der Waals surface area contributed by atoms with Crippen LogP contribution in [0.25, 0.3) is 0 Å². The largest absolute Gasteiger partial charge is 0.293 e. The lowest BCUT2D eigenvalue weighted by molar-refractivity contribution is 0.0984. The molecule has 0 atom stereocenters. The summed E-state index contributed by atoms with van der Waals surface area (Å²) in [5.74, 6) is -2.18. The van der Waals surface area contributed by atoms with E-state index in [9.17, 15) is 13.6 Å². The molecular formula is C14H13F2NOS. The maximum Gasteiger partial charge on any atom is 0.175 e. The number of ketones is 1. The Morgan fingerprint density at radius 3 is 2.53 bits per heavy atom. The summed E-state index contributed by atoms with van der Waals surface area (Å²) >= 11 is 1.38. The molecule has 0 aliphatic heterocycles. The van der Waals surface area contributed by atoms with Crippen molar-refractivity contribution in [2.45, 2.75) is 27.2 Å². The van der Waals surface area contributed by atoms with Gasteiger partial charge in [-0.25, -0.2) is 13.8 Å². The molecule has 1 aromatic heterocycles. The Morgan fingerprint density at radius 2 is 1.95 bits per heavy atom. The van der Waals surface area contributed by atoms with Gasteiger partial charge in [-0.15, -0.1) is 11.3 Å². The van der Waals surface area contributed by atoms with E-state index in [0.717, 1.165) is 16.6 Å². The molecule has 0 amide bonds. The topological polar surface area (TPSA) is 30.0 Å². The van der Waals surface area contributed by atoms with Crippen LogP contribution < -0.4 is 0 Å². The van der Waals surface area contributed by atoms with Gasteiger partial charge in [0.15, 0.2) is 5.78 Å². The highest BCUT2D eigenvalue weighted by molar-refractivity contribution is 7.11. The number of thiazole rings is 1. The Morgan fingerprint density at radius 1 is 1.26 bits per heavy atom. The number of rotatable bonds is 3. The lowest BCUT2D eigenvalue weighted by Gasteiger charge is -2.05. The number of benzene rings is 1. The number of carbonyl (C=O) groups is 1. The predicted molar refractivity (Wildman–Crippen MR) is 70.7 cm³/mol. The SMILES string of the molecule is Cc1ccc(F)c(C(=O)Cc2nc(C)c(C)s2)c1F. The summed E-state index contributed by atoms with van der Waals surface area (Å²) in [7, 11) is 0. The van der Waals surface area contributed by atoms with Crippen LogP contribution in [0, 0.1) is 32.4 Å². The molecule has 0 aliphatic carbocycles. The molecule has 0 radical (unpaired) electrons. The van der Waals surface area contributed by atoms with Crippen molar-refractivity contribution in [3.63, 3.8) is 0 Å². The van der Waals surface area contributed by atoms with E-state index in [0.29, 0.717) is 5.01 Å². The molecule has 0 saturated carbocycles. The van der Waals surface area contributed by atoms with Crippen LogP contribution in [0.2, 0.25) is 0 Å². The minimum Gasteiger partial charge on any atom is -0.293 e. The molecule has 0 bridgehead atoms. The van der Waals surface area contributed by atoms with E-state index in [2.05, 4.69) is 4.98 Å². The van der Waals surface area contributed by atoms with Crippen molar-refractivity contribution < 1.29 is 13.6 Å². The first-order valence-electron chi connectivity index (χ1n) is 5.81. The molecule has 2 nitrogen and oxygen atoms in total. The Labute approximate surface area is 114 Å². The van der Waals surface area contributed by atoms with Gasteiger partial charge in [0, 0.05) is 4.88 Å². The molecule has 100 valence electrons. The van der Waals surface area contributed by atoms with Crippen LogP contribution in [0.5, 0.6) is 0 Å². The number of nitrogens with zero attached hydrogens (tertiary/aromatic N) is 1. The lowest BCUT2D eigenvalue weighted by atomic mass is 10.0. The summed E-state index contributed by atoms with van der Waals surface area (Å²) in [5.41, 5.74) is 0.639. The number of aryl methyl sites for hydroxylation is 3. The highest BCUT2D eigenvalue weighted by Crippen LogP contribution is 2.21. The normalized spacial score (nSPS) is 10.8. The van der Waals surface area contributed by atoms with E-state index < -0.39 is 23.0 Å². The minimum atomic E-state index is -0.821. The molecule has 2 aromatic rings. The number of aromatic nitrogens is 1. The predicted octanol–water partition coefficient (Wildman–Crippen LogP) is 3.77. The van der Waals surface area contributed by atoms with Crippen LogP contribution in [0.3, 0.4) is 0 Å². The van der Waals surface area contributed by atoms with Gasteiger partial charge in [0.2, 0.25) is 0 Å². The van der Waals surface area contributed by atoms with Gasteiger partial charge in [-0.05, 0) is 32.4 Å². The lowest BCUT2D eigenvalue weighted by Crippen LogP contribution is -2.10. The smallest absolute Gasteiger partial charge is 0.175 e. The minimum absolute atomic E-state index is 0.0728. The van der Waals surface area contributed by atoms with Crippen molar-refractivity contribution in [1.29, 1.82) is 0 Å². The summed E-state index contributed by atoms with van der Waals surface area (Å²) < 4.78 is 27.4. The fraction of sp³-hybridized carbons (Fsp3) is 0.286. The zero-order valence-electron chi connectivity index (χ0n) is 10.9. The van der Waals surface area contributed by atoms with E-state index in [1.54, 1.807) is 0 Å². The molecule has 1 heterocycles. The quantitative estimate of drug-likeness (QED) is 0.802. The van der Waals surface area contributed by atoms with Crippen molar-refractivity contribution in [3.8, 4) is 0 Å². The third-order valence-corrected chi connectivity index (χ3v) is 4.02. The standard InChI is InChI=1S/C14H13F2NOS/c1-7-4-5-10(15)13(14(7)16)11(18)6-12-17-8(2)9(3)19-12/h4-5H,6H2,1-3H3. The molecule has 0 unspecified atom stereocenters. The number of halogens is 2. The van der Waals surface area contributed by atoms with Crippen LogP contribution in [0.15, 0.2) is 12.1 Å². The molecule has 19 heavy (non-hydrogen) atoms. The number of carbonyl (C=O) groups excluding carboxylic acids is 1. The first kappa shape index (κ1) is 13.8. The Hall–Kier alpha value is -1.62. The average molecular weight is 281 g/mol. The average Bonchev–Trinajstić information content (AvgIpc) is 2.63. The summed E-state index contributed by atoms with van der Waals surface area (Å²) in [6.45, 7) is 5.24. The fourth-order valence-electron chi connectivity index (χ4n) is 1.75. The third kappa shape index (κ3) is 2.71. The number of hydrogen-bond donors (Lipinski definition) is 0. The Bertz CT molecular complexity index is 630. The fourth-order valence-corrected chi connectivity index (χ4v) is 2.69. The summed E-state index contributed by atoms with van der Waals surface area (Å²) in [6.07, 6.45) is -0.0728. The second-order valence-corrected chi connectivity index (χ2v) is 5.69. The Balaban J connectivity index is 2.33. The van der Waals surface area contributed by atoms with Crippen molar-refractivity contribution in [2.75, 3.05) is 0 Å². The molecule has 5 heteroatoms. The molecule has 2 rings (SSSR count). The number of Topliss-reactive ketones (excluding diaryl/α,β-unsaturated/α-hetero) is 1. The second kappa shape index (κ2) is 5.17. The van der Waals surface area contributed by atoms with E-state index >= 15 is 0 Å². The van der Waals surface area contributed by atoms with Gasteiger partial charge < -0.3 is 0 Å². The zero-order valence-corrected chi connectivity index (χ0v) is 11.7. The van der Waals surface area contributed by atoms with Crippen molar-refractivity contribution >= 4 is 17.1 Å². The van der Waals surface area contributed by atoms with Crippen molar-refractivity contribution in [2.24, 2.45) is 0 Å². The van der Waals surface area contributed by atoms with E-state index in [1.807, 2.05) is 13.8 Å².